The van der Waals surface area contributed by atoms with Crippen LogP contribution in [0.5, 0.6) is 0 Å². The Kier molecular flexibility index (Phi) is 8.18. The molecular weight excluding hydrogens is 529 g/mol. The van der Waals surface area contributed by atoms with Crippen molar-refractivity contribution in [3.05, 3.63) is 144 Å². The number of hydrogen-bond donors (Lipinski definition) is 1. The van der Waals surface area contributed by atoms with E-state index in [0.29, 0.717) is 17.1 Å². The van der Waals surface area contributed by atoms with Crippen LogP contribution in [0, 0.1) is 5.82 Å². The molecule has 0 aliphatic carbocycles. The highest BCUT2D eigenvalue weighted by atomic mass is 19.4. The number of benzene rings is 2. The molecule has 1 N–H and O–H groups in total. The molecule has 0 fully saturated rings. The standard InChI is InChI=1S/C30H24F5N3O2/c1-3-21(17-25(19-31)40-2)29(18-20-8-5-4-6-9-20,22-14-23(30(33,34)35)16-24(32)15-22)37-28(39)26-10-7-13-38-27(26)11-12-36-38/h3-17,19H,1,18H2,2H3,(H,37,39)/t29-/m1/s1. The SMILES string of the molecule is C=CC(=CC(=CF)OC)[C@@](Cc1ccccc1)(NC(=O)c1cccn2nccc12)c1cc(F)cc(C(F)(F)F)c1. The minimum absolute atomic E-state index is 0.0506. The van der Waals surface area contributed by atoms with Gasteiger partial charge in [-0.2, -0.15) is 18.3 Å². The topological polar surface area (TPSA) is 55.6 Å². The van der Waals surface area contributed by atoms with Crippen molar-refractivity contribution in [1.29, 1.82) is 0 Å². The predicted molar refractivity (Wildman–Crippen MR) is 140 cm³/mol. The van der Waals surface area contributed by atoms with Crippen LogP contribution in [-0.4, -0.2) is 22.6 Å². The fourth-order valence-corrected chi connectivity index (χ4v) is 4.51. The number of halogens is 5. The summed E-state index contributed by atoms with van der Waals surface area (Å²) in [6, 6.07) is 15.3. The molecule has 0 aliphatic rings. The summed E-state index contributed by atoms with van der Waals surface area (Å²) in [6.07, 6.45) is 0.658. The first-order chi connectivity index (χ1) is 19.1. The molecule has 1 amide bonds. The van der Waals surface area contributed by atoms with Crippen molar-refractivity contribution < 1.29 is 31.5 Å². The quantitative estimate of drug-likeness (QED) is 0.139. The lowest BCUT2D eigenvalue weighted by atomic mass is 9.76. The Hall–Kier alpha value is -4.73. The van der Waals surface area contributed by atoms with Crippen LogP contribution in [0.15, 0.2) is 116 Å². The van der Waals surface area contributed by atoms with Crippen molar-refractivity contribution in [2.45, 2.75) is 18.1 Å². The Morgan fingerprint density at radius 2 is 1.80 bits per heavy atom. The van der Waals surface area contributed by atoms with Crippen molar-refractivity contribution in [3.63, 3.8) is 0 Å². The van der Waals surface area contributed by atoms with Crippen LogP contribution in [0.3, 0.4) is 0 Å². The summed E-state index contributed by atoms with van der Waals surface area (Å²) in [6.45, 7) is 3.78. The number of nitrogens with zero attached hydrogens (tertiary/aromatic N) is 2. The van der Waals surface area contributed by atoms with E-state index in [1.165, 1.54) is 36.0 Å². The maximum absolute atomic E-state index is 14.9. The van der Waals surface area contributed by atoms with Gasteiger partial charge in [0, 0.05) is 12.6 Å². The number of pyridine rings is 1. The molecule has 0 saturated heterocycles. The van der Waals surface area contributed by atoms with Gasteiger partial charge < -0.3 is 10.1 Å². The highest BCUT2D eigenvalue weighted by Crippen LogP contribution is 2.39. The van der Waals surface area contributed by atoms with Gasteiger partial charge in [0.15, 0.2) is 0 Å². The lowest BCUT2D eigenvalue weighted by Gasteiger charge is -2.38. The number of allylic oxidation sites excluding steroid dienone is 1. The summed E-state index contributed by atoms with van der Waals surface area (Å²) >= 11 is 0. The predicted octanol–water partition coefficient (Wildman–Crippen LogP) is 6.93. The molecule has 1 atom stereocenters. The Morgan fingerprint density at radius 1 is 1.07 bits per heavy atom. The molecule has 0 unspecified atom stereocenters. The molecule has 0 saturated carbocycles. The molecule has 0 aliphatic heterocycles. The van der Waals surface area contributed by atoms with Crippen LogP contribution >= 0.6 is 0 Å². The molecule has 4 rings (SSSR count). The number of rotatable bonds is 9. The number of ether oxygens (including phenoxy) is 1. The van der Waals surface area contributed by atoms with Gasteiger partial charge in [0.05, 0.1) is 35.5 Å². The van der Waals surface area contributed by atoms with Crippen molar-refractivity contribution in [2.75, 3.05) is 7.11 Å². The number of alkyl halides is 3. The number of amides is 1. The van der Waals surface area contributed by atoms with Crippen LogP contribution in [0.1, 0.15) is 27.0 Å². The largest absolute Gasteiger partial charge is 0.494 e. The van der Waals surface area contributed by atoms with Gasteiger partial charge in [0.1, 0.15) is 17.9 Å². The van der Waals surface area contributed by atoms with Gasteiger partial charge in [-0.1, -0.05) is 43.0 Å². The molecule has 2 aromatic heterocycles. The normalized spacial score (nSPS) is 14.1. The van der Waals surface area contributed by atoms with Crippen LogP contribution in [-0.2, 0) is 22.9 Å². The molecule has 0 bridgehead atoms. The Labute approximate surface area is 226 Å². The summed E-state index contributed by atoms with van der Waals surface area (Å²) < 4.78 is 76.6. The number of aromatic nitrogens is 2. The van der Waals surface area contributed by atoms with Gasteiger partial charge in [-0.15, -0.1) is 0 Å². The summed E-state index contributed by atoms with van der Waals surface area (Å²) in [5, 5.41) is 6.96. The molecule has 206 valence electrons. The van der Waals surface area contributed by atoms with E-state index >= 15 is 0 Å². The van der Waals surface area contributed by atoms with Gasteiger partial charge in [-0.3, -0.25) is 4.79 Å². The minimum atomic E-state index is -4.89. The van der Waals surface area contributed by atoms with Crippen LogP contribution in [0.4, 0.5) is 22.0 Å². The van der Waals surface area contributed by atoms with Crippen molar-refractivity contribution in [1.82, 2.24) is 14.9 Å². The van der Waals surface area contributed by atoms with E-state index in [2.05, 4.69) is 17.0 Å². The van der Waals surface area contributed by atoms with Gasteiger partial charge in [-0.05, 0) is 59.2 Å². The van der Waals surface area contributed by atoms with E-state index < -0.39 is 29.0 Å². The van der Waals surface area contributed by atoms with Crippen molar-refractivity contribution in [3.8, 4) is 0 Å². The van der Waals surface area contributed by atoms with Gasteiger partial charge in [-0.25, -0.2) is 13.3 Å². The maximum Gasteiger partial charge on any atom is 0.416 e. The van der Waals surface area contributed by atoms with E-state index in [-0.39, 0.29) is 35.2 Å². The average Bonchev–Trinajstić information content (AvgIpc) is 3.42. The van der Waals surface area contributed by atoms with Crippen LogP contribution in [0.25, 0.3) is 5.52 Å². The fraction of sp³-hybridized carbons (Fsp3) is 0.133. The highest BCUT2D eigenvalue weighted by Gasteiger charge is 2.41. The zero-order chi connectivity index (χ0) is 28.9. The molecule has 10 heteroatoms. The van der Waals surface area contributed by atoms with E-state index in [9.17, 15) is 26.7 Å². The van der Waals surface area contributed by atoms with Crippen molar-refractivity contribution in [2.24, 2.45) is 0 Å². The molecule has 2 heterocycles. The van der Waals surface area contributed by atoms with E-state index in [1.54, 1.807) is 48.7 Å². The van der Waals surface area contributed by atoms with Crippen LogP contribution < -0.4 is 5.32 Å². The van der Waals surface area contributed by atoms with E-state index in [1.807, 2.05) is 0 Å². The highest BCUT2D eigenvalue weighted by molar-refractivity contribution is 6.01. The zero-order valence-corrected chi connectivity index (χ0v) is 21.3. The Morgan fingerprint density at radius 3 is 2.45 bits per heavy atom. The molecular formula is C30H24F5N3O2. The van der Waals surface area contributed by atoms with Gasteiger partial charge in [0.2, 0.25) is 0 Å². The lowest BCUT2D eigenvalue weighted by molar-refractivity contribution is -0.137. The number of fused-ring (bicyclic) bond motifs is 1. The van der Waals surface area contributed by atoms with Crippen LogP contribution in [0.2, 0.25) is 0 Å². The number of carbonyl (C=O) groups is 1. The third-order valence-corrected chi connectivity index (χ3v) is 6.39. The zero-order valence-electron chi connectivity index (χ0n) is 21.3. The first kappa shape index (κ1) is 28.3. The number of carbonyl (C=O) groups excluding carboxylic acids is 1. The smallest absolute Gasteiger partial charge is 0.416 e. The summed E-state index contributed by atoms with van der Waals surface area (Å²) in [5.74, 6) is -2.17. The van der Waals surface area contributed by atoms with E-state index in [0.717, 1.165) is 12.1 Å². The second-order valence-electron chi connectivity index (χ2n) is 8.85. The molecule has 0 spiro atoms. The summed E-state index contributed by atoms with van der Waals surface area (Å²) in [7, 11) is 1.20. The second kappa shape index (κ2) is 11.6. The minimum Gasteiger partial charge on any atom is -0.494 e. The molecule has 4 aromatic rings. The first-order valence-corrected chi connectivity index (χ1v) is 12.0. The monoisotopic (exact) mass is 553 g/mol. The molecule has 5 nitrogen and oxygen atoms in total. The average molecular weight is 554 g/mol. The number of methoxy groups -OCH3 is 1. The lowest BCUT2D eigenvalue weighted by Crippen LogP contribution is -2.49. The third-order valence-electron chi connectivity index (χ3n) is 6.39. The molecule has 40 heavy (non-hydrogen) atoms. The first-order valence-electron chi connectivity index (χ1n) is 12.0. The molecule has 2 aromatic carbocycles. The number of hydrogen-bond acceptors (Lipinski definition) is 3. The summed E-state index contributed by atoms with van der Waals surface area (Å²) in [4.78, 5) is 13.9. The Balaban J connectivity index is 2.04. The maximum atomic E-state index is 14.9. The Bertz CT molecular complexity index is 1590. The van der Waals surface area contributed by atoms with E-state index in [4.69, 9.17) is 4.74 Å². The summed E-state index contributed by atoms with van der Waals surface area (Å²) in [5.41, 5.74) is -2.16. The fourth-order valence-electron chi connectivity index (χ4n) is 4.51. The number of nitrogens with one attached hydrogen (secondary N) is 1. The van der Waals surface area contributed by atoms with Gasteiger partial charge >= 0.3 is 6.18 Å². The van der Waals surface area contributed by atoms with Gasteiger partial charge in [0.25, 0.3) is 5.91 Å². The molecule has 0 radical (unpaired) electrons. The third kappa shape index (κ3) is 5.80. The second-order valence-corrected chi connectivity index (χ2v) is 8.85. The van der Waals surface area contributed by atoms with Crippen molar-refractivity contribution >= 4 is 11.4 Å².